The van der Waals surface area contributed by atoms with E-state index in [9.17, 15) is 28.9 Å². The van der Waals surface area contributed by atoms with Crippen LogP contribution in [0, 0.1) is 0 Å². The molecule has 3 unspecified atom stereocenters. The molecule has 408 valence electrons. The molecule has 0 heterocycles. The Morgan fingerprint density at radius 3 is 1.24 bits per heavy atom. The van der Waals surface area contributed by atoms with Crippen molar-refractivity contribution < 1.29 is 52.2 Å². The van der Waals surface area contributed by atoms with Crippen LogP contribution in [0.1, 0.15) is 201 Å². The fourth-order valence-corrected chi connectivity index (χ4v) is 7.55. The maximum Gasteiger partial charge on any atom is 0.472 e. The second-order valence-electron chi connectivity index (χ2n) is 17.6. The van der Waals surface area contributed by atoms with Gasteiger partial charge in [-0.15, -0.1) is 0 Å². The summed E-state index contributed by atoms with van der Waals surface area (Å²) in [6.45, 7) is 4.21. The van der Waals surface area contributed by atoms with Gasteiger partial charge in [-0.05, 0) is 109 Å². The molecule has 0 rings (SSSR count). The van der Waals surface area contributed by atoms with E-state index in [4.69, 9.17) is 23.3 Å². The van der Waals surface area contributed by atoms with Gasteiger partial charge in [0.1, 0.15) is 12.7 Å². The Balaban J connectivity index is 4.89. The predicted octanol–water partition coefficient (Wildman–Crippen LogP) is 16.0. The monoisotopic (exact) mass is 1020 g/mol. The van der Waals surface area contributed by atoms with Crippen LogP contribution in [-0.4, -0.2) is 66.5 Å². The molecular weight excluding hydrogens is 928 g/mol. The Labute approximate surface area is 437 Å². The van der Waals surface area contributed by atoms with Gasteiger partial charge in [0.25, 0.3) is 0 Å². The molecule has 0 amide bonds. The van der Waals surface area contributed by atoms with Crippen molar-refractivity contribution in [1.29, 1.82) is 0 Å². The molecular formula is C60H97O11P. The minimum absolute atomic E-state index is 0.0746. The molecule has 0 bridgehead atoms. The Kier molecular flexibility index (Phi) is 50.1. The van der Waals surface area contributed by atoms with Crippen LogP contribution in [0.2, 0.25) is 0 Å². The lowest BCUT2D eigenvalue weighted by Crippen LogP contribution is -2.30. The van der Waals surface area contributed by atoms with Crippen molar-refractivity contribution in [2.75, 3.05) is 26.4 Å². The van der Waals surface area contributed by atoms with E-state index in [2.05, 4.69) is 118 Å². The molecule has 0 aliphatic heterocycles. The second-order valence-corrected chi connectivity index (χ2v) is 19.1. The van der Waals surface area contributed by atoms with Gasteiger partial charge < -0.3 is 24.2 Å². The smallest absolute Gasteiger partial charge is 0.462 e. The molecule has 3 atom stereocenters. The summed E-state index contributed by atoms with van der Waals surface area (Å²) in [7, 11) is -4.79. The summed E-state index contributed by atoms with van der Waals surface area (Å²) in [5, 5.41) is 9.78. The van der Waals surface area contributed by atoms with Gasteiger partial charge in [0.15, 0.2) is 6.10 Å². The molecule has 0 spiro atoms. The largest absolute Gasteiger partial charge is 0.472 e. The number of aliphatic hydroxyl groups is 1. The van der Waals surface area contributed by atoms with Crippen molar-refractivity contribution in [2.45, 2.75) is 213 Å². The molecule has 12 heteroatoms. The molecule has 0 radical (unpaired) electrons. The average molecular weight is 1030 g/mol. The van der Waals surface area contributed by atoms with E-state index >= 15 is 0 Å². The van der Waals surface area contributed by atoms with Crippen molar-refractivity contribution in [3.63, 3.8) is 0 Å². The fourth-order valence-electron chi connectivity index (χ4n) is 6.77. The van der Waals surface area contributed by atoms with E-state index < -0.39 is 57.8 Å². The number of rotatable bonds is 49. The number of phosphoric acid groups is 1. The highest BCUT2D eigenvalue weighted by molar-refractivity contribution is 7.47. The predicted molar refractivity (Wildman–Crippen MR) is 297 cm³/mol. The molecule has 0 aromatic carbocycles. The van der Waals surface area contributed by atoms with E-state index in [1.54, 1.807) is 6.08 Å². The molecule has 0 aromatic rings. The Hall–Kier alpha value is -4.12. The third-order valence-corrected chi connectivity index (χ3v) is 11.8. The number of esters is 3. The van der Waals surface area contributed by atoms with Gasteiger partial charge in [0, 0.05) is 12.8 Å². The number of phosphoric ester groups is 1. The zero-order chi connectivity index (χ0) is 52.7. The van der Waals surface area contributed by atoms with E-state index in [-0.39, 0.29) is 25.9 Å². The summed E-state index contributed by atoms with van der Waals surface area (Å²) in [5.74, 6) is -1.67. The van der Waals surface area contributed by atoms with Crippen molar-refractivity contribution in [1.82, 2.24) is 0 Å². The first kappa shape index (κ1) is 67.9. The van der Waals surface area contributed by atoms with Crippen molar-refractivity contribution in [3.8, 4) is 0 Å². The van der Waals surface area contributed by atoms with Crippen LogP contribution in [-0.2, 0) is 42.2 Å². The van der Waals surface area contributed by atoms with Crippen LogP contribution >= 0.6 is 7.82 Å². The highest BCUT2D eigenvalue weighted by Gasteiger charge is 2.28. The standard InChI is InChI=1S/C60H97O11P/c1-4-7-10-13-16-19-22-25-27-28-30-32-34-37-40-43-46-49-58(62)67-53-57(71-60(64)51-48-45-42-39-36-33-29-26-23-20-17-14-11-8-5-2)55-69-72(65,66)68-54-56(52-61)70-59(63)50-47-44-41-38-35-31-24-21-18-15-12-9-6-3/h8-9,11-12,16-21,25-27,29,31,35-36,39,45,48,56-57,61H,4-7,10,13-15,22-24,28,30,32-34,37-38,40-44,46-47,49-55H2,1-3H3,(H,65,66)/b11-8-,12-9-,19-16-,20-17-,21-18-,27-25-,29-26-,35-31-,39-36-,48-45-. The van der Waals surface area contributed by atoms with Crippen molar-refractivity contribution in [2.24, 2.45) is 0 Å². The third kappa shape index (κ3) is 50.8. The number of carbonyl (C=O) groups is 3. The lowest BCUT2D eigenvalue weighted by atomic mass is 10.1. The van der Waals surface area contributed by atoms with Crippen LogP contribution in [0.4, 0.5) is 0 Å². The van der Waals surface area contributed by atoms with Gasteiger partial charge in [0.2, 0.25) is 0 Å². The van der Waals surface area contributed by atoms with Crippen LogP contribution in [0.25, 0.3) is 0 Å². The van der Waals surface area contributed by atoms with Crippen molar-refractivity contribution in [3.05, 3.63) is 122 Å². The van der Waals surface area contributed by atoms with Crippen LogP contribution in [0.3, 0.4) is 0 Å². The molecule has 0 aliphatic rings. The van der Waals surface area contributed by atoms with Crippen LogP contribution in [0.15, 0.2) is 122 Å². The highest BCUT2D eigenvalue weighted by Crippen LogP contribution is 2.43. The second kappa shape index (κ2) is 53.2. The average Bonchev–Trinajstić information content (AvgIpc) is 3.37. The zero-order valence-electron chi connectivity index (χ0n) is 44.8. The molecule has 11 nitrogen and oxygen atoms in total. The molecule has 0 saturated heterocycles. The van der Waals surface area contributed by atoms with Gasteiger partial charge in [0.05, 0.1) is 26.2 Å². The molecule has 0 aliphatic carbocycles. The Morgan fingerprint density at radius 1 is 0.417 bits per heavy atom. The number of allylic oxidation sites excluding steroid dienone is 19. The topological polar surface area (TPSA) is 155 Å². The number of aliphatic hydroxyl groups excluding tert-OH is 1. The first-order valence-corrected chi connectivity index (χ1v) is 28.9. The number of hydrogen-bond donors (Lipinski definition) is 2. The van der Waals surface area contributed by atoms with E-state index in [1.807, 2.05) is 18.2 Å². The summed E-state index contributed by atoms with van der Waals surface area (Å²) < 4.78 is 39.3. The van der Waals surface area contributed by atoms with Gasteiger partial charge in [-0.2, -0.15) is 0 Å². The maximum atomic E-state index is 12.9. The fraction of sp³-hybridized carbons (Fsp3) is 0.617. The molecule has 0 saturated carbocycles. The van der Waals surface area contributed by atoms with Gasteiger partial charge >= 0.3 is 25.7 Å². The van der Waals surface area contributed by atoms with Gasteiger partial charge in [-0.1, -0.05) is 194 Å². The first-order valence-electron chi connectivity index (χ1n) is 27.4. The van der Waals surface area contributed by atoms with E-state index in [0.29, 0.717) is 19.3 Å². The minimum atomic E-state index is -4.79. The quantitative estimate of drug-likeness (QED) is 0.0197. The van der Waals surface area contributed by atoms with E-state index in [0.717, 1.165) is 103 Å². The minimum Gasteiger partial charge on any atom is -0.462 e. The number of hydrogen-bond acceptors (Lipinski definition) is 10. The lowest BCUT2D eigenvalue weighted by Gasteiger charge is -2.21. The number of ether oxygens (including phenoxy) is 3. The van der Waals surface area contributed by atoms with Gasteiger partial charge in [-0.25, -0.2) is 4.57 Å². The Morgan fingerprint density at radius 2 is 0.778 bits per heavy atom. The SMILES string of the molecule is CC/C=C\C/C=C\C/C=C\C/C=C\C/C=C\CC(=O)OC(COC(=O)CCCCCCCCC/C=C\C/C=C\CCCCC)COP(=O)(O)OCC(CO)OC(=O)CCCCC/C=C\C/C=C\C/C=C\CC. The van der Waals surface area contributed by atoms with E-state index in [1.165, 1.54) is 38.5 Å². The molecule has 0 aromatic heterocycles. The molecule has 72 heavy (non-hydrogen) atoms. The number of unbranched alkanes of at least 4 members (excludes halogenated alkanes) is 13. The third-order valence-electron chi connectivity index (χ3n) is 10.9. The lowest BCUT2D eigenvalue weighted by molar-refractivity contribution is -0.160. The van der Waals surface area contributed by atoms with Crippen molar-refractivity contribution >= 4 is 25.7 Å². The molecule has 2 N–H and O–H groups in total. The Bertz CT molecular complexity index is 1670. The summed E-state index contributed by atoms with van der Waals surface area (Å²) in [4.78, 5) is 48.4. The number of carbonyl (C=O) groups excluding carboxylic acids is 3. The zero-order valence-corrected chi connectivity index (χ0v) is 45.7. The summed E-state index contributed by atoms with van der Waals surface area (Å²) in [5.41, 5.74) is 0. The highest BCUT2D eigenvalue weighted by atomic mass is 31.2. The van der Waals surface area contributed by atoms with Crippen LogP contribution < -0.4 is 0 Å². The maximum absolute atomic E-state index is 12.9. The normalized spacial score (nSPS) is 14.3. The molecule has 0 fully saturated rings. The van der Waals surface area contributed by atoms with Crippen LogP contribution in [0.5, 0.6) is 0 Å². The van der Waals surface area contributed by atoms with Gasteiger partial charge in [-0.3, -0.25) is 23.4 Å². The summed E-state index contributed by atoms with van der Waals surface area (Å²) in [6, 6.07) is 0. The first-order chi connectivity index (χ1) is 35.2. The summed E-state index contributed by atoms with van der Waals surface area (Å²) >= 11 is 0. The summed E-state index contributed by atoms with van der Waals surface area (Å²) in [6.07, 6.45) is 64.8.